The number of rotatable bonds is 2. The van der Waals surface area contributed by atoms with Gasteiger partial charge in [-0.25, -0.2) is 0 Å². The molecule has 0 spiro atoms. The summed E-state index contributed by atoms with van der Waals surface area (Å²) in [6.45, 7) is 5.39. The lowest BCUT2D eigenvalue weighted by Gasteiger charge is -2.12. The SMILES string of the molecule is CC(C)C1CN=C(Nc2ccc(Cl)cc2I)S1. The summed E-state index contributed by atoms with van der Waals surface area (Å²) in [5.74, 6) is 0.660. The Labute approximate surface area is 125 Å². The summed E-state index contributed by atoms with van der Waals surface area (Å²) in [6, 6.07) is 5.84. The van der Waals surface area contributed by atoms with E-state index in [1.165, 1.54) is 0 Å². The number of anilines is 1. The molecule has 2 rings (SSSR count). The average Bonchev–Trinajstić information content (AvgIpc) is 2.71. The molecule has 0 saturated carbocycles. The molecule has 17 heavy (non-hydrogen) atoms. The van der Waals surface area contributed by atoms with Crippen molar-refractivity contribution in [2.24, 2.45) is 10.9 Å². The minimum atomic E-state index is 0.600. The average molecular weight is 381 g/mol. The second kappa shape index (κ2) is 5.80. The quantitative estimate of drug-likeness (QED) is 0.765. The summed E-state index contributed by atoms with van der Waals surface area (Å²) in [6.07, 6.45) is 0. The van der Waals surface area contributed by atoms with Gasteiger partial charge in [-0.15, -0.1) is 0 Å². The highest BCUT2D eigenvalue weighted by molar-refractivity contribution is 14.1. The van der Waals surface area contributed by atoms with E-state index < -0.39 is 0 Å². The van der Waals surface area contributed by atoms with Crippen LogP contribution in [0.4, 0.5) is 5.69 Å². The minimum absolute atomic E-state index is 0.600. The molecule has 0 fully saturated rings. The van der Waals surface area contributed by atoms with Crippen LogP contribution >= 0.6 is 46.0 Å². The molecular formula is C12H14ClIN2S. The molecule has 0 amide bonds. The molecule has 1 aliphatic rings. The first kappa shape index (κ1) is 13.5. The molecule has 1 aliphatic heterocycles. The van der Waals surface area contributed by atoms with Crippen LogP contribution in [0.1, 0.15) is 13.8 Å². The Bertz CT molecular complexity index is 448. The first-order valence-electron chi connectivity index (χ1n) is 5.49. The van der Waals surface area contributed by atoms with Crippen molar-refractivity contribution in [3.05, 3.63) is 26.8 Å². The molecule has 1 aromatic rings. The summed E-state index contributed by atoms with van der Waals surface area (Å²) < 4.78 is 1.12. The van der Waals surface area contributed by atoms with Crippen LogP contribution in [0.5, 0.6) is 0 Å². The largest absolute Gasteiger partial charge is 0.334 e. The first-order chi connectivity index (χ1) is 8.06. The van der Waals surface area contributed by atoms with Crippen molar-refractivity contribution in [1.29, 1.82) is 0 Å². The lowest BCUT2D eigenvalue weighted by atomic mass is 10.1. The number of hydrogen-bond acceptors (Lipinski definition) is 3. The number of aliphatic imine (C=N–C) groups is 1. The van der Waals surface area contributed by atoms with Crippen LogP contribution in [0, 0.1) is 9.49 Å². The zero-order valence-electron chi connectivity index (χ0n) is 9.71. The van der Waals surface area contributed by atoms with Crippen molar-refractivity contribution in [2.45, 2.75) is 19.1 Å². The molecule has 0 saturated heterocycles. The molecule has 5 heteroatoms. The number of thioether (sulfide) groups is 1. The molecule has 2 nitrogen and oxygen atoms in total. The smallest absolute Gasteiger partial charge is 0.161 e. The van der Waals surface area contributed by atoms with Crippen LogP contribution in [0.3, 0.4) is 0 Å². The molecule has 92 valence electrons. The van der Waals surface area contributed by atoms with Crippen LogP contribution in [0.15, 0.2) is 23.2 Å². The minimum Gasteiger partial charge on any atom is -0.334 e. The van der Waals surface area contributed by atoms with Gasteiger partial charge in [-0.3, -0.25) is 4.99 Å². The Balaban J connectivity index is 2.03. The van der Waals surface area contributed by atoms with Crippen LogP contribution < -0.4 is 5.32 Å². The topological polar surface area (TPSA) is 24.4 Å². The molecule has 0 bridgehead atoms. The van der Waals surface area contributed by atoms with Gasteiger partial charge in [0, 0.05) is 13.8 Å². The van der Waals surface area contributed by atoms with Crippen LogP contribution in [0.2, 0.25) is 5.02 Å². The number of nitrogens with zero attached hydrogens (tertiary/aromatic N) is 1. The third kappa shape index (κ3) is 3.51. The summed E-state index contributed by atoms with van der Waals surface area (Å²) in [5.41, 5.74) is 1.07. The van der Waals surface area contributed by atoms with Gasteiger partial charge in [0.05, 0.1) is 12.2 Å². The lowest BCUT2D eigenvalue weighted by Crippen LogP contribution is -2.13. The predicted molar refractivity (Wildman–Crippen MR) is 86.3 cm³/mol. The van der Waals surface area contributed by atoms with Crippen molar-refractivity contribution in [3.63, 3.8) is 0 Å². The Morgan fingerprint density at radius 3 is 2.88 bits per heavy atom. The van der Waals surface area contributed by atoms with Crippen molar-refractivity contribution < 1.29 is 0 Å². The molecule has 1 aromatic carbocycles. The van der Waals surface area contributed by atoms with Gasteiger partial charge in [0.1, 0.15) is 0 Å². The Hall–Kier alpha value is 0.0600. The first-order valence-corrected chi connectivity index (χ1v) is 7.83. The lowest BCUT2D eigenvalue weighted by molar-refractivity contribution is 0.621. The maximum atomic E-state index is 5.93. The van der Waals surface area contributed by atoms with Gasteiger partial charge in [-0.2, -0.15) is 0 Å². The Morgan fingerprint density at radius 1 is 1.53 bits per heavy atom. The van der Waals surface area contributed by atoms with E-state index in [0.29, 0.717) is 11.2 Å². The molecular weight excluding hydrogens is 367 g/mol. The fraction of sp³-hybridized carbons (Fsp3) is 0.417. The van der Waals surface area contributed by atoms with Gasteiger partial charge in [-0.05, 0) is 46.7 Å². The van der Waals surface area contributed by atoms with E-state index in [4.69, 9.17) is 11.6 Å². The van der Waals surface area contributed by atoms with E-state index in [2.05, 4.69) is 46.7 Å². The van der Waals surface area contributed by atoms with Crippen LogP contribution in [-0.2, 0) is 0 Å². The number of benzene rings is 1. The maximum absolute atomic E-state index is 5.93. The predicted octanol–water partition coefficient (Wildman–Crippen LogP) is 4.48. The molecule has 1 atom stereocenters. The number of halogens is 2. The zero-order chi connectivity index (χ0) is 12.4. The van der Waals surface area contributed by atoms with Gasteiger partial charge in [0.2, 0.25) is 0 Å². The van der Waals surface area contributed by atoms with Gasteiger partial charge in [0.25, 0.3) is 0 Å². The Morgan fingerprint density at radius 2 is 2.29 bits per heavy atom. The molecule has 0 radical (unpaired) electrons. The van der Waals surface area contributed by atoms with Crippen LogP contribution in [0.25, 0.3) is 0 Å². The summed E-state index contributed by atoms with van der Waals surface area (Å²) in [4.78, 5) is 4.53. The van der Waals surface area contributed by atoms with Gasteiger partial charge in [-0.1, -0.05) is 37.2 Å². The number of nitrogens with one attached hydrogen (secondary N) is 1. The Kier molecular flexibility index (Phi) is 4.60. The highest BCUT2D eigenvalue weighted by atomic mass is 127. The van der Waals surface area contributed by atoms with Gasteiger partial charge in [0.15, 0.2) is 5.17 Å². The molecule has 0 aliphatic carbocycles. The van der Waals surface area contributed by atoms with E-state index in [1.807, 2.05) is 30.0 Å². The highest BCUT2D eigenvalue weighted by Gasteiger charge is 2.22. The van der Waals surface area contributed by atoms with Gasteiger partial charge < -0.3 is 5.32 Å². The fourth-order valence-electron chi connectivity index (χ4n) is 1.51. The summed E-state index contributed by atoms with van der Waals surface area (Å²) in [5, 5.41) is 5.75. The summed E-state index contributed by atoms with van der Waals surface area (Å²) >= 11 is 10.0. The van der Waals surface area contributed by atoms with E-state index in [0.717, 1.165) is 26.0 Å². The van der Waals surface area contributed by atoms with Crippen LogP contribution in [-0.4, -0.2) is 17.0 Å². The van der Waals surface area contributed by atoms with E-state index in [-0.39, 0.29) is 0 Å². The van der Waals surface area contributed by atoms with E-state index in [9.17, 15) is 0 Å². The van der Waals surface area contributed by atoms with E-state index >= 15 is 0 Å². The van der Waals surface area contributed by atoms with Crippen molar-refractivity contribution in [3.8, 4) is 0 Å². The molecule has 0 aromatic heterocycles. The van der Waals surface area contributed by atoms with Crippen molar-refractivity contribution in [1.82, 2.24) is 0 Å². The third-order valence-corrected chi connectivity index (χ3v) is 5.17. The second-order valence-corrected chi connectivity index (χ2v) is 7.12. The maximum Gasteiger partial charge on any atom is 0.161 e. The third-order valence-electron chi connectivity index (χ3n) is 2.59. The second-order valence-electron chi connectivity index (χ2n) is 4.30. The highest BCUT2D eigenvalue weighted by Crippen LogP contribution is 2.29. The normalized spacial score (nSPS) is 19.6. The molecule has 1 heterocycles. The van der Waals surface area contributed by atoms with Crippen molar-refractivity contribution >= 4 is 56.8 Å². The molecule has 1 N–H and O–H groups in total. The van der Waals surface area contributed by atoms with Gasteiger partial charge >= 0.3 is 0 Å². The number of amidine groups is 1. The number of hydrogen-bond donors (Lipinski definition) is 1. The fourth-order valence-corrected chi connectivity index (χ4v) is 3.55. The van der Waals surface area contributed by atoms with Crippen molar-refractivity contribution in [2.75, 3.05) is 11.9 Å². The summed E-state index contributed by atoms with van der Waals surface area (Å²) in [7, 11) is 0. The standard InChI is InChI=1S/C12H14ClIN2S/c1-7(2)11-6-15-12(17-11)16-10-4-3-8(13)5-9(10)14/h3-5,7,11H,6H2,1-2H3,(H,15,16). The zero-order valence-corrected chi connectivity index (χ0v) is 13.4. The monoisotopic (exact) mass is 380 g/mol. The van der Waals surface area contributed by atoms with E-state index in [1.54, 1.807) is 0 Å². The molecule has 1 unspecified atom stereocenters.